The second-order valence-corrected chi connectivity index (χ2v) is 4.38. The van der Waals surface area contributed by atoms with Gasteiger partial charge in [-0.05, 0) is 18.2 Å². The first-order valence-electron chi connectivity index (χ1n) is 5.90. The number of rotatable bonds is 2. The molecule has 0 radical (unpaired) electrons. The zero-order valence-electron chi connectivity index (χ0n) is 10.1. The van der Waals surface area contributed by atoms with Crippen LogP contribution in [0.25, 0.3) is 22.4 Å². The molecule has 0 fully saturated rings. The molecule has 7 heteroatoms. The van der Waals surface area contributed by atoms with E-state index in [-0.39, 0.29) is 5.82 Å². The van der Waals surface area contributed by atoms with Gasteiger partial charge in [0, 0.05) is 5.56 Å². The summed E-state index contributed by atoms with van der Waals surface area (Å²) in [6.07, 6.45) is 0. The van der Waals surface area contributed by atoms with Crippen LogP contribution in [0.4, 0.5) is 17.3 Å². The molecule has 0 aliphatic heterocycles. The molecular formula is C13H8BF4N2-. The van der Waals surface area contributed by atoms with Gasteiger partial charge in [-0.3, -0.25) is 0 Å². The molecule has 1 aromatic heterocycles. The monoisotopic (exact) mass is 279 g/mol. The molecule has 0 amide bonds. The fraction of sp³-hybridized carbons (Fsp3) is 0. The number of aromatic amines is 1. The topological polar surface area (TPSA) is 28.7 Å². The Hall–Kier alpha value is -2.31. The maximum absolute atomic E-state index is 13.8. The van der Waals surface area contributed by atoms with E-state index in [0.717, 1.165) is 18.2 Å². The average molecular weight is 279 g/mol. The lowest BCUT2D eigenvalue weighted by Gasteiger charge is -2.18. The predicted octanol–water partition coefficient (Wildman–Crippen LogP) is 3.42. The fourth-order valence-corrected chi connectivity index (χ4v) is 2.13. The van der Waals surface area contributed by atoms with E-state index in [2.05, 4.69) is 9.97 Å². The van der Waals surface area contributed by atoms with Gasteiger partial charge in [0.25, 0.3) is 0 Å². The van der Waals surface area contributed by atoms with Crippen molar-refractivity contribution in [3.8, 4) is 11.4 Å². The molecule has 0 saturated heterocycles. The summed E-state index contributed by atoms with van der Waals surface area (Å²) >= 11 is 0. The first kappa shape index (κ1) is 12.7. The summed E-state index contributed by atoms with van der Waals surface area (Å²) in [7, 11) is 0. The summed E-state index contributed by atoms with van der Waals surface area (Å²) in [6.45, 7) is -5.32. The van der Waals surface area contributed by atoms with Crippen molar-refractivity contribution in [3.05, 3.63) is 48.3 Å². The normalized spacial score (nSPS) is 12.0. The maximum atomic E-state index is 13.8. The first-order valence-corrected chi connectivity index (χ1v) is 5.90. The minimum absolute atomic E-state index is 0.112. The van der Waals surface area contributed by atoms with E-state index in [0.29, 0.717) is 11.0 Å². The van der Waals surface area contributed by atoms with Crippen LogP contribution in [0.15, 0.2) is 42.5 Å². The molecule has 0 saturated carbocycles. The molecular weight excluding hydrogens is 271 g/mol. The van der Waals surface area contributed by atoms with E-state index in [9.17, 15) is 17.3 Å². The predicted molar refractivity (Wildman–Crippen MR) is 70.2 cm³/mol. The van der Waals surface area contributed by atoms with Gasteiger partial charge in [-0.2, -0.15) is 0 Å². The third-order valence-electron chi connectivity index (χ3n) is 3.02. The van der Waals surface area contributed by atoms with Gasteiger partial charge >= 0.3 is 6.98 Å². The number of hydrogen-bond acceptors (Lipinski definition) is 1. The molecule has 0 spiro atoms. The lowest BCUT2D eigenvalue weighted by molar-refractivity contribution is 0.500. The lowest BCUT2D eigenvalue weighted by Crippen LogP contribution is -2.36. The standard InChI is InChI=1S/C13H8BF4N2/c15-9-5-3-4-8(14(16,17)18)12(9)13-19-10-6-1-2-7-11(10)20-13/h1-7H,(H,19,20)/q-1. The zero-order valence-corrected chi connectivity index (χ0v) is 10.1. The van der Waals surface area contributed by atoms with E-state index >= 15 is 0 Å². The van der Waals surface area contributed by atoms with Crippen LogP contribution in [-0.2, 0) is 0 Å². The Morgan fingerprint density at radius 2 is 1.70 bits per heavy atom. The Morgan fingerprint density at radius 1 is 0.950 bits per heavy atom. The maximum Gasteiger partial charge on any atom is 0.510 e. The van der Waals surface area contributed by atoms with Gasteiger partial charge < -0.3 is 17.9 Å². The average Bonchev–Trinajstić information content (AvgIpc) is 2.80. The highest BCUT2D eigenvalue weighted by Crippen LogP contribution is 2.25. The Labute approximate surface area is 111 Å². The number of para-hydroxylation sites is 2. The van der Waals surface area contributed by atoms with Crippen LogP contribution < -0.4 is 5.46 Å². The number of aromatic nitrogens is 2. The second-order valence-electron chi connectivity index (χ2n) is 4.38. The summed E-state index contributed by atoms with van der Waals surface area (Å²) in [5.41, 5.74) is -0.460. The minimum Gasteiger partial charge on any atom is -0.445 e. The molecule has 0 aliphatic rings. The number of halogens is 4. The smallest absolute Gasteiger partial charge is 0.445 e. The van der Waals surface area contributed by atoms with Crippen LogP contribution in [0, 0.1) is 5.82 Å². The van der Waals surface area contributed by atoms with Crippen molar-refractivity contribution in [3.63, 3.8) is 0 Å². The van der Waals surface area contributed by atoms with Crippen molar-refractivity contribution in [1.82, 2.24) is 9.97 Å². The summed E-state index contributed by atoms with van der Waals surface area (Å²) in [6, 6.07) is 9.66. The number of benzene rings is 2. The highest BCUT2D eigenvalue weighted by molar-refractivity contribution is 6.74. The van der Waals surface area contributed by atoms with Crippen LogP contribution >= 0.6 is 0 Å². The van der Waals surface area contributed by atoms with Gasteiger partial charge in [0.1, 0.15) is 11.6 Å². The van der Waals surface area contributed by atoms with E-state index in [4.69, 9.17) is 0 Å². The van der Waals surface area contributed by atoms with E-state index in [1.165, 1.54) is 0 Å². The fourth-order valence-electron chi connectivity index (χ4n) is 2.13. The molecule has 2 nitrogen and oxygen atoms in total. The second kappa shape index (κ2) is 4.36. The summed E-state index contributed by atoms with van der Waals surface area (Å²) in [5, 5.41) is 0. The van der Waals surface area contributed by atoms with E-state index < -0.39 is 23.8 Å². The summed E-state index contributed by atoms with van der Waals surface area (Å²) in [5.74, 6) is -1.06. The molecule has 20 heavy (non-hydrogen) atoms. The Kier molecular flexibility index (Phi) is 2.77. The third-order valence-corrected chi connectivity index (χ3v) is 3.02. The van der Waals surface area contributed by atoms with Crippen molar-refractivity contribution in [1.29, 1.82) is 0 Å². The molecule has 3 aromatic rings. The molecule has 1 heterocycles. The van der Waals surface area contributed by atoms with Crippen molar-refractivity contribution in [2.45, 2.75) is 0 Å². The largest absolute Gasteiger partial charge is 0.510 e. The quantitative estimate of drug-likeness (QED) is 0.565. The van der Waals surface area contributed by atoms with Crippen molar-refractivity contribution >= 4 is 23.5 Å². The number of nitrogens with zero attached hydrogens (tertiary/aromatic N) is 1. The molecule has 0 unspecified atom stereocenters. The van der Waals surface area contributed by atoms with Gasteiger partial charge in [0.15, 0.2) is 0 Å². The molecule has 3 rings (SSSR count). The highest BCUT2D eigenvalue weighted by atomic mass is 19.4. The molecule has 0 atom stereocenters. The Morgan fingerprint density at radius 3 is 2.40 bits per heavy atom. The minimum atomic E-state index is -5.32. The van der Waals surface area contributed by atoms with Crippen molar-refractivity contribution < 1.29 is 17.3 Å². The zero-order chi connectivity index (χ0) is 14.3. The number of hydrogen-bond donors (Lipinski definition) is 1. The Balaban J connectivity index is 2.28. The van der Waals surface area contributed by atoms with Crippen molar-refractivity contribution in [2.24, 2.45) is 0 Å². The van der Waals surface area contributed by atoms with Crippen LogP contribution in [0.1, 0.15) is 0 Å². The molecule has 1 N–H and O–H groups in total. The van der Waals surface area contributed by atoms with Gasteiger partial charge in [-0.15, -0.1) is 0 Å². The van der Waals surface area contributed by atoms with E-state index in [1.807, 2.05) is 0 Å². The summed E-state index contributed by atoms with van der Waals surface area (Å²) < 4.78 is 52.9. The van der Waals surface area contributed by atoms with Gasteiger partial charge in [-0.25, -0.2) is 9.37 Å². The lowest BCUT2D eigenvalue weighted by atomic mass is 9.76. The molecule has 0 bridgehead atoms. The van der Waals surface area contributed by atoms with E-state index in [1.54, 1.807) is 24.3 Å². The Bertz CT molecular complexity index is 746. The van der Waals surface area contributed by atoms with Gasteiger partial charge in [-0.1, -0.05) is 29.7 Å². The van der Waals surface area contributed by atoms with Crippen LogP contribution in [-0.4, -0.2) is 16.9 Å². The number of nitrogens with one attached hydrogen (secondary N) is 1. The molecule has 102 valence electrons. The van der Waals surface area contributed by atoms with Gasteiger partial charge in [0.05, 0.1) is 11.0 Å². The number of fused-ring (bicyclic) bond motifs is 1. The van der Waals surface area contributed by atoms with Crippen molar-refractivity contribution in [2.75, 3.05) is 0 Å². The van der Waals surface area contributed by atoms with Gasteiger partial charge in [0.2, 0.25) is 0 Å². The summed E-state index contributed by atoms with van der Waals surface area (Å²) in [4.78, 5) is 6.76. The van der Waals surface area contributed by atoms with Crippen LogP contribution in [0.2, 0.25) is 0 Å². The first-order chi connectivity index (χ1) is 9.47. The number of imidazole rings is 1. The third kappa shape index (κ3) is 2.05. The van der Waals surface area contributed by atoms with Crippen LogP contribution in [0.5, 0.6) is 0 Å². The van der Waals surface area contributed by atoms with Crippen LogP contribution in [0.3, 0.4) is 0 Å². The SMILES string of the molecule is Fc1cccc([B-](F)(F)F)c1-c1nc2ccccc2[nH]1. The molecule has 0 aliphatic carbocycles. The highest BCUT2D eigenvalue weighted by Gasteiger charge is 2.31. The number of H-pyrrole nitrogens is 1. The molecule has 2 aromatic carbocycles.